The van der Waals surface area contributed by atoms with E-state index >= 15 is 0 Å². The summed E-state index contributed by atoms with van der Waals surface area (Å²) in [6.07, 6.45) is 0. The van der Waals surface area contributed by atoms with E-state index in [9.17, 15) is 30.9 Å². The van der Waals surface area contributed by atoms with Crippen LogP contribution in [-0.4, -0.2) is 45.7 Å². The first kappa shape index (κ1) is 26.9. The predicted octanol–water partition coefficient (Wildman–Crippen LogP) is 0.612. The third kappa shape index (κ3) is 94.2. The van der Waals surface area contributed by atoms with E-state index in [1.165, 1.54) is 0 Å². The first-order valence-electron chi connectivity index (χ1n) is 2.71. The maximum atomic E-state index is 10.4. The Hall–Kier alpha value is 0.462. The number of halogens is 6. The van der Waals surface area contributed by atoms with Crippen LogP contribution in [0.1, 0.15) is 0 Å². The van der Waals surface area contributed by atoms with Crippen molar-refractivity contribution in [1.82, 2.24) is 0 Å². The Balaban J connectivity index is -0.0000000813. The number of rotatable bonds is 2. The molecule has 0 radical (unpaired) electrons. The summed E-state index contributed by atoms with van der Waals surface area (Å²) in [5.74, 6) is 0. The Morgan fingerprint density at radius 2 is 0.944 bits per heavy atom. The van der Waals surface area contributed by atoms with Crippen molar-refractivity contribution in [2.45, 2.75) is 0 Å². The standard InChI is InChI=1S/BF4.F2HO4P.Li.H3O4P.H/c2-1(3,4)5;1-5-7(3,4)6-2;;1-5(2,3)4;/h;(H,3,4);;(H3,1,2,3,4);/q-1;;;;. The Morgan fingerprint density at radius 1 is 0.833 bits per heavy atom. The van der Waals surface area contributed by atoms with Gasteiger partial charge in [-0.25, -0.2) is 9.13 Å². The summed E-state index contributed by atoms with van der Waals surface area (Å²) in [6.45, 7) is 0. The Morgan fingerprint density at radius 3 is 0.944 bits per heavy atom. The molecule has 0 unspecified atom stereocenters. The van der Waals surface area contributed by atoms with E-state index in [1.54, 1.807) is 0 Å². The predicted molar refractivity (Wildman–Crippen MR) is 45.8 cm³/mol. The maximum absolute atomic E-state index is 10.4. The second-order valence-corrected chi connectivity index (χ2v) is 3.85. The van der Waals surface area contributed by atoms with E-state index in [4.69, 9.17) is 24.1 Å². The van der Waals surface area contributed by atoms with Crippen LogP contribution in [0.3, 0.4) is 0 Å². The molecule has 0 spiro atoms. The summed E-state index contributed by atoms with van der Waals surface area (Å²) >= 11 is 0. The van der Waals surface area contributed by atoms with Crippen molar-refractivity contribution in [2.24, 2.45) is 0 Å². The Labute approximate surface area is 107 Å². The van der Waals surface area contributed by atoms with Crippen LogP contribution < -0.4 is 0 Å². The topological polar surface area (TPSA) is 134 Å². The van der Waals surface area contributed by atoms with E-state index in [0.29, 0.717) is 0 Å². The summed E-state index contributed by atoms with van der Waals surface area (Å²) in [4.78, 5) is 29.1. The first-order chi connectivity index (χ1) is 7.12. The van der Waals surface area contributed by atoms with Crippen molar-refractivity contribution < 1.29 is 64.5 Å². The average molecular weight is 327 g/mol. The zero-order valence-electron chi connectivity index (χ0n) is 7.16. The van der Waals surface area contributed by atoms with Gasteiger partial charge in [-0.1, -0.05) is 9.46 Å². The molecule has 18 heteroatoms. The number of hydrogen-bond donors (Lipinski definition) is 4. The molecule has 0 aromatic rings. The van der Waals surface area contributed by atoms with E-state index in [-0.39, 0.29) is 18.9 Å². The summed E-state index contributed by atoms with van der Waals surface area (Å²) in [5, 5.41) is 0. The van der Waals surface area contributed by atoms with Gasteiger partial charge >= 0.3 is 41.8 Å². The van der Waals surface area contributed by atoms with Gasteiger partial charge in [0.2, 0.25) is 0 Å². The van der Waals surface area contributed by atoms with Crippen LogP contribution in [0.4, 0.5) is 26.3 Å². The van der Waals surface area contributed by atoms with Crippen molar-refractivity contribution in [3.05, 3.63) is 0 Å². The van der Waals surface area contributed by atoms with Gasteiger partial charge in [-0.15, -0.1) is 0 Å². The fraction of sp³-hybridized carbons (Fsp3) is 0. The van der Waals surface area contributed by atoms with Crippen LogP contribution >= 0.6 is 15.6 Å². The van der Waals surface area contributed by atoms with Gasteiger partial charge in [-0.05, 0) is 9.05 Å². The molecule has 0 aromatic heterocycles. The van der Waals surface area contributed by atoms with Gasteiger partial charge in [0, 0.05) is 0 Å². The monoisotopic (exact) mass is 327 g/mol. The second-order valence-electron chi connectivity index (χ2n) is 1.61. The minimum atomic E-state index is -6.00. The molecular weight excluding hydrogens is 322 g/mol. The van der Waals surface area contributed by atoms with Gasteiger partial charge in [0.1, 0.15) is 0 Å². The third-order valence-corrected chi connectivity index (χ3v) is 0.523. The zero-order chi connectivity index (χ0) is 14.9. The fourth-order valence-corrected chi connectivity index (χ4v) is 0.0319. The zero-order valence-corrected chi connectivity index (χ0v) is 8.95. The molecule has 0 saturated heterocycles. The van der Waals surface area contributed by atoms with E-state index < -0.39 is 22.9 Å². The molecule has 0 amide bonds. The van der Waals surface area contributed by atoms with Crippen molar-refractivity contribution in [3.63, 3.8) is 0 Å². The molecule has 0 heterocycles. The van der Waals surface area contributed by atoms with Crippen molar-refractivity contribution in [3.8, 4) is 0 Å². The number of hydrogen-bond acceptors (Lipinski definition) is 4. The molecule has 110 valence electrons. The summed E-state index contributed by atoms with van der Waals surface area (Å²) in [6, 6.07) is 0. The average Bonchev–Trinajstić information content (AvgIpc) is 1.98. The molecule has 0 bridgehead atoms. The van der Waals surface area contributed by atoms with Crippen LogP contribution in [-0.2, 0) is 18.6 Å². The molecule has 0 aliphatic carbocycles. The molecule has 0 atom stereocenters. The summed E-state index contributed by atoms with van der Waals surface area (Å²) in [5.41, 5.74) is 0. The SMILES string of the molecule is F[B-](F)(F)F.O=P(O)(O)O.O=P(O)(OF)OF.[LiH]. The van der Waals surface area contributed by atoms with Gasteiger partial charge in [0.25, 0.3) is 0 Å². The summed E-state index contributed by atoms with van der Waals surface area (Å²) in [7, 11) is -15.6. The quantitative estimate of drug-likeness (QED) is 0.329. The molecule has 8 nitrogen and oxygen atoms in total. The van der Waals surface area contributed by atoms with Crippen molar-refractivity contribution in [1.29, 1.82) is 0 Å². The Bertz CT molecular complexity index is 253. The van der Waals surface area contributed by atoms with Gasteiger partial charge < -0.3 is 31.9 Å². The van der Waals surface area contributed by atoms with E-state index in [0.717, 1.165) is 0 Å². The van der Waals surface area contributed by atoms with E-state index in [2.05, 4.69) is 9.46 Å². The third-order valence-electron chi connectivity index (χ3n) is 0.174. The molecule has 0 aliphatic heterocycles. The minimum absolute atomic E-state index is 0. The van der Waals surface area contributed by atoms with Gasteiger partial charge in [-0.3, -0.25) is 4.89 Å². The molecule has 0 aromatic carbocycles. The molecule has 18 heavy (non-hydrogen) atoms. The van der Waals surface area contributed by atoms with Crippen molar-refractivity contribution in [2.75, 3.05) is 0 Å². The molecule has 0 rings (SSSR count). The Kier molecular flexibility index (Phi) is 16.9. The van der Waals surface area contributed by atoms with E-state index in [1.807, 2.05) is 0 Å². The molecule has 0 fully saturated rings. The van der Waals surface area contributed by atoms with Crippen LogP contribution in [0, 0.1) is 0 Å². The normalized spacial score (nSPS) is 11.2. The van der Waals surface area contributed by atoms with Gasteiger partial charge in [0.05, 0.1) is 0 Å². The molecule has 4 N–H and O–H groups in total. The first-order valence-corrected chi connectivity index (χ1v) is 5.77. The fourth-order valence-electron chi connectivity index (χ4n) is 0.0106. The summed E-state index contributed by atoms with van der Waals surface area (Å²) < 4.78 is 82.2. The van der Waals surface area contributed by atoms with Crippen LogP contribution in [0.5, 0.6) is 0 Å². The molecule has 0 saturated carbocycles. The van der Waals surface area contributed by atoms with Crippen LogP contribution in [0.15, 0.2) is 0 Å². The van der Waals surface area contributed by atoms with Crippen LogP contribution in [0.25, 0.3) is 0 Å². The molecule has 0 aliphatic rings. The second kappa shape index (κ2) is 11.3. The van der Waals surface area contributed by atoms with Gasteiger partial charge in [0.15, 0.2) is 0 Å². The number of phosphoric acid groups is 2. The van der Waals surface area contributed by atoms with Crippen molar-refractivity contribution >= 4 is 41.8 Å². The molecular formula is H5BF6LiO8P2-. The van der Waals surface area contributed by atoms with Crippen LogP contribution in [0.2, 0.25) is 0 Å². The van der Waals surface area contributed by atoms with Gasteiger partial charge in [-0.2, -0.15) is 0 Å².